The lowest BCUT2D eigenvalue weighted by atomic mass is 10.3. The number of nitrogens with zero attached hydrogens (tertiary/aromatic N) is 1. The van der Waals surface area contributed by atoms with Crippen molar-refractivity contribution in [2.45, 2.75) is 6.04 Å². The van der Waals surface area contributed by atoms with Gasteiger partial charge in [0.15, 0.2) is 0 Å². The van der Waals surface area contributed by atoms with Crippen molar-refractivity contribution in [3.63, 3.8) is 0 Å². The average Bonchev–Trinajstić information content (AvgIpc) is 1.65. The van der Waals surface area contributed by atoms with Crippen LogP contribution in [0.4, 0.5) is 0 Å². The lowest BCUT2D eigenvalue weighted by Gasteiger charge is -2.11. The topological polar surface area (TPSA) is 29.3 Å². The van der Waals surface area contributed by atoms with Crippen LogP contribution >= 0.6 is 0 Å². The Kier molecular flexibility index (Phi) is 3.48. The highest BCUT2D eigenvalue weighted by atomic mass is 15.1. The first-order chi connectivity index (χ1) is 3.66. The molecule has 0 aromatic rings. The second kappa shape index (κ2) is 3.64. The maximum absolute atomic E-state index is 5.46. The summed E-state index contributed by atoms with van der Waals surface area (Å²) in [4.78, 5) is 1.91. The van der Waals surface area contributed by atoms with Gasteiger partial charge in [-0.15, -0.1) is 6.58 Å². The summed E-state index contributed by atoms with van der Waals surface area (Å²) in [5, 5.41) is 0. The van der Waals surface area contributed by atoms with Gasteiger partial charge in [-0.3, -0.25) is 0 Å². The summed E-state index contributed by atoms with van der Waals surface area (Å²) in [6.45, 7) is 5.41. The van der Waals surface area contributed by atoms with Gasteiger partial charge in [-0.2, -0.15) is 0 Å². The van der Waals surface area contributed by atoms with Gasteiger partial charge in [-0.05, 0) is 14.1 Å². The summed E-state index contributed by atoms with van der Waals surface area (Å²) in [5.74, 6) is 0. The van der Waals surface area contributed by atoms with Crippen molar-refractivity contribution < 1.29 is 0 Å². The molecule has 1 radical (unpaired) electrons. The molecule has 47 valence electrons. The van der Waals surface area contributed by atoms with Crippen molar-refractivity contribution in [1.29, 1.82) is 0 Å². The van der Waals surface area contributed by atoms with E-state index in [4.69, 9.17) is 5.73 Å². The summed E-state index contributed by atoms with van der Waals surface area (Å²) in [5.41, 5.74) is 5.46. The quantitative estimate of drug-likeness (QED) is 0.531. The van der Waals surface area contributed by atoms with E-state index in [0.717, 1.165) is 0 Å². The molecule has 0 aliphatic heterocycles. The molecule has 0 aliphatic carbocycles. The fourth-order valence-electron chi connectivity index (χ4n) is 0.405. The monoisotopic (exact) mass is 113 g/mol. The van der Waals surface area contributed by atoms with E-state index < -0.39 is 0 Å². The van der Waals surface area contributed by atoms with E-state index >= 15 is 0 Å². The standard InChI is InChI=1S/C6H13N2/c1-4-6(7)5-8(2)3/h4-6H,1,7H2,2-3H3. The number of hydrogen-bond donors (Lipinski definition) is 1. The number of hydrogen-bond acceptors (Lipinski definition) is 2. The molecule has 1 atom stereocenters. The van der Waals surface area contributed by atoms with Gasteiger partial charge in [0.2, 0.25) is 0 Å². The molecule has 0 saturated heterocycles. The molecule has 0 heterocycles. The smallest absolute Gasteiger partial charge is 0.0450 e. The zero-order chi connectivity index (χ0) is 6.57. The van der Waals surface area contributed by atoms with E-state index in [-0.39, 0.29) is 6.04 Å². The van der Waals surface area contributed by atoms with Crippen LogP contribution in [0, 0.1) is 6.54 Å². The van der Waals surface area contributed by atoms with Gasteiger partial charge in [0.25, 0.3) is 0 Å². The summed E-state index contributed by atoms with van der Waals surface area (Å²) in [6.07, 6.45) is 1.69. The minimum absolute atomic E-state index is 0.00926. The summed E-state index contributed by atoms with van der Waals surface area (Å²) >= 11 is 0. The highest BCUT2D eigenvalue weighted by Crippen LogP contribution is 1.87. The number of rotatable bonds is 3. The Morgan fingerprint density at radius 2 is 2.12 bits per heavy atom. The molecule has 2 heteroatoms. The third-order valence-corrected chi connectivity index (χ3v) is 0.742. The van der Waals surface area contributed by atoms with Gasteiger partial charge in [0.05, 0.1) is 0 Å². The van der Waals surface area contributed by atoms with Crippen molar-refractivity contribution >= 4 is 0 Å². The van der Waals surface area contributed by atoms with Crippen LogP contribution in [-0.2, 0) is 0 Å². The van der Waals surface area contributed by atoms with Crippen molar-refractivity contribution in [2.24, 2.45) is 5.73 Å². The molecule has 0 amide bonds. The Hall–Kier alpha value is -0.340. The molecular weight excluding hydrogens is 100 g/mol. The normalized spacial score (nSPS) is 14.0. The van der Waals surface area contributed by atoms with Crippen LogP contribution in [0.25, 0.3) is 0 Å². The zero-order valence-corrected chi connectivity index (χ0v) is 5.46. The van der Waals surface area contributed by atoms with E-state index in [1.165, 1.54) is 0 Å². The molecule has 0 rings (SSSR count). The predicted molar refractivity (Wildman–Crippen MR) is 36.2 cm³/mol. The third kappa shape index (κ3) is 3.84. The van der Waals surface area contributed by atoms with Crippen LogP contribution < -0.4 is 5.73 Å². The van der Waals surface area contributed by atoms with Gasteiger partial charge in [0.1, 0.15) is 0 Å². The van der Waals surface area contributed by atoms with Crippen LogP contribution in [0.3, 0.4) is 0 Å². The highest BCUT2D eigenvalue weighted by Gasteiger charge is 1.96. The van der Waals surface area contributed by atoms with E-state index in [2.05, 4.69) is 6.58 Å². The highest BCUT2D eigenvalue weighted by molar-refractivity contribution is 4.91. The molecular formula is C6H13N2. The molecule has 0 spiro atoms. The molecule has 0 saturated carbocycles. The van der Waals surface area contributed by atoms with E-state index in [1.807, 2.05) is 25.5 Å². The van der Waals surface area contributed by atoms with Crippen molar-refractivity contribution in [2.75, 3.05) is 14.1 Å². The molecule has 0 aliphatic rings. The number of nitrogens with two attached hydrogens (primary N) is 1. The van der Waals surface area contributed by atoms with Crippen LogP contribution in [-0.4, -0.2) is 25.0 Å². The fraction of sp³-hybridized carbons (Fsp3) is 0.500. The van der Waals surface area contributed by atoms with Crippen LogP contribution in [0.1, 0.15) is 0 Å². The SMILES string of the molecule is C=CC(N)[CH]N(C)C. The Morgan fingerprint density at radius 3 is 2.25 bits per heavy atom. The Bertz CT molecular complexity index is 68.9. The van der Waals surface area contributed by atoms with E-state index in [1.54, 1.807) is 6.08 Å². The van der Waals surface area contributed by atoms with E-state index in [0.29, 0.717) is 0 Å². The fourth-order valence-corrected chi connectivity index (χ4v) is 0.405. The Balaban J connectivity index is 3.23. The van der Waals surface area contributed by atoms with Crippen molar-refractivity contribution in [1.82, 2.24) is 4.90 Å². The minimum Gasteiger partial charge on any atom is -0.323 e. The first kappa shape index (κ1) is 7.66. The molecule has 0 fully saturated rings. The predicted octanol–water partition coefficient (Wildman–Crippen LogP) is 0.223. The van der Waals surface area contributed by atoms with Crippen molar-refractivity contribution in [3.05, 3.63) is 19.2 Å². The Morgan fingerprint density at radius 1 is 1.62 bits per heavy atom. The first-order valence-corrected chi connectivity index (χ1v) is 2.56. The second-order valence-electron chi connectivity index (χ2n) is 1.93. The lowest BCUT2D eigenvalue weighted by molar-refractivity contribution is 0.472. The van der Waals surface area contributed by atoms with Crippen LogP contribution in [0.5, 0.6) is 0 Å². The average molecular weight is 113 g/mol. The largest absolute Gasteiger partial charge is 0.323 e. The third-order valence-electron chi connectivity index (χ3n) is 0.742. The maximum Gasteiger partial charge on any atom is 0.0450 e. The van der Waals surface area contributed by atoms with Gasteiger partial charge in [-0.25, -0.2) is 0 Å². The van der Waals surface area contributed by atoms with Gasteiger partial charge in [0, 0.05) is 12.6 Å². The summed E-state index contributed by atoms with van der Waals surface area (Å²) in [7, 11) is 3.87. The van der Waals surface area contributed by atoms with Crippen LogP contribution in [0.15, 0.2) is 12.7 Å². The molecule has 0 aromatic carbocycles. The minimum atomic E-state index is -0.00926. The molecule has 2 nitrogen and oxygen atoms in total. The zero-order valence-electron chi connectivity index (χ0n) is 5.46. The second-order valence-corrected chi connectivity index (χ2v) is 1.93. The Labute approximate surface area is 51.0 Å². The molecule has 2 N–H and O–H groups in total. The summed E-state index contributed by atoms with van der Waals surface area (Å²) < 4.78 is 0. The molecule has 8 heavy (non-hydrogen) atoms. The van der Waals surface area contributed by atoms with Gasteiger partial charge >= 0.3 is 0 Å². The van der Waals surface area contributed by atoms with Crippen LogP contribution in [0.2, 0.25) is 0 Å². The molecule has 1 unspecified atom stereocenters. The number of likely N-dealkylation sites (N-methyl/N-ethyl adjacent to an activating group) is 1. The first-order valence-electron chi connectivity index (χ1n) is 2.56. The van der Waals surface area contributed by atoms with Gasteiger partial charge < -0.3 is 10.6 Å². The van der Waals surface area contributed by atoms with Crippen molar-refractivity contribution in [3.8, 4) is 0 Å². The molecule has 0 bridgehead atoms. The lowest BCUT2D eigenvalue weighted by Crippen LogP contribution is -2.25. The maximum atomic E-state index is 5.46. The molecule has 0 aromatic heterocycles. The van der Waals surface area contributed by atoms with Gasteiger partial charge in [-0.1, -0.05) is 6.08 Å². The van der Waals surface area contributed by atoms with E-state index in [9.17, 15) is 0 Å². The summed E-state index contributed by atoms with van der Waals surface area (Å²) in [6, 6.07) is -0.00926.